The number of rotatable bonds is 10. The molecular weight excluding hydrogens is 206 g/mol. The van der Waals surface area contributed by atoms with Crippen LogP contribution in [0.25, 0.3) is 0 Å². The molecule has 15 heavy (non-hydrogen) atoms. The van der Waals surface area contributed by atoms with E-state index in [1.807, 2.05) is 19.9 Å². The summed E-state index contributed by atoms with van der Waals surface area (Å²) in [6.45, 7) is 13.3. The second-order valence-corrected chi connectivity index (χ2v) is 6.94. The molecule has 0 rings (SSSR count). The summed E-state index contributed by atoms with van der Waals surface area (Å²) in [5.41, 5.74) is 0. The van der Waals surface area contributed by atoms with E-state index in [0.717, 1.165) is 38.8 Å². The molecule has 0 aliphatic carbocycles. The molecule has 0 saturated carbocycles. The van der Waals surface area contributed by atoms with E-state index in [4.69, 9.17) is 8.85 Å². The minimum atomic E-state index is -1.88. The molecule has 90 valence electrons. The van der Waals surface area contributed by atoms with Gasteiger partial charge in [0.05, 0.1) is 0 Å². The van der Waals surface area contributed by atoms with Crippen molar-refractivity contribution in [2.75, 3.05) is 26.3 Å². The van der Waals surface area contributed by atoms with Gasteiger partial charge in [0.1, 0.15) is 0 Å². The number of hydrogen-bond donors (Lipinski definition) is 1. The zero-order chi connectivity index (χ0) is 11.6. The Bertz CT molecular complexity index is 159. The van der Waals surface area contributed by atoms with Gasteiger partial charge in [0.15, 0.2) is 0 Å². The van der Waals surface area contributed by atoms with Gasteiger partial charge in [0, 0.05) is 19.8 Å². The van der Waals surface area contributed by atoms with Gasteiger partial charge in [-0.15, -0.1) is 6.58 Å². The minimum Gasteiger partial charge on any atom is -0.395 e. The van der Waals surface area contributed by atoms with E-state index in [0.29, 0.717) is 0 Å². The van der Waals surface area contributed by atoms with E-state index < -0.39 is 8.56 Å². The number of hydrogen-bond acceptors (Lipinski definition) is 3. The van der Waals surface area contributed by atoms with Gasteiger partial charge in [-0.3, -0.25) is 0 Å². The van der Waals surface area contributed by atoms with Crippen LogP contribution < -0.4 is 5.32 Å². The highest BCUT2D eigenvalue weighted by atomic mass is 28.4. The summed E-state index contributed by atoms with van der Waals surface area (Å²) in [6, 6.07) is 1.05. The molecule has 0 saturated heterocycles. The minimum absolute atomic E-state index is 0.753. The molecule has 0 spiro atoms. The maximum atomic E-state index is 5.75. The van der Waals surface area contributed by atoms with Crippen molar-refractivity contribution in [3.8, 4) is 0 Å². The second kappa shape index (κ2) is 9.09. The van der Waals surface area contributed by atoms with Crippen LogP contribution in [0.4, 0.5) is 0 Å². The fourth-order valence-corrected chi connectivity index (χ4v) is 3.95. The van der Waals surface area contributed by atoms with Gasteiger partial charge in [-0.2, -0.15) is 0 Å². The van der Waals surface area contributed by atoms with Crippen LogP contribution in [0.1, 0.15) is 20.3 Å². The molecule has 0 atom stereocenters. The SMILES string of the molecule is C=CCNCCC[Si](C)(OCC)OCC. The first kappa shape index (κ1) is 14.8. The molecule has 0 amide bonds. The van der Waals surface area contributed by atoms with E-state index in [1.165, 1.54) is 0 Å². The molecule has 0 heterocycles. The van der Waals surface area contributed by atoms with Gasteiger partial charge in [-0.25, -0.2) is 0 Å². The molecule has 0 bridgehead atoms. The average molecular weight is 231 g/mol. The molecule has 0 aromatic heterocycles. The van der Waals surface area contributed by atoms with Gasteiger partial charge in [-0.05, 0) is 39.4 Å². The predicted molar refractivity (Wildman–Crippen MR) is 67.4 cm³/mol. The van der Waals surface area contributed by atoms with E-state index >= 15 is 0 Å². The summed E-state index contributed by atoms with van der Waals surface area (Å²) in [4.78, 5) is 0. The Morgan fingerprint density at radius 1 is 1.27 bits per heavy atom. The van der Waals surface area contributed by atoms with Crippen molar-refractivity contribution in [1.82, 2.24) is 5.32 Å². The van der Waals surface area contributed by atoms with Crippen molar-refractivity contribution in [2.24, 2.45) is 0 Å². The van der Waals surface area contributed by atoms with Gasteiger partial charge in [0.2, 0.25) is 0 Å². The van der Waals surface area contributed by atoms with Crippen LogP contribution >= 0.6 is 0 Å². The fraction of sp³-hybridized carbons (Fsp3) is 0.818. The van der Waals surface area contributed by atoms with Crippen molar-refractivity contribution in [3.05, 3.63) is 12.7 Å². The Labute approximate surface area is 95.1 Å². The molecule has 4 heteroatoms. The van der Waals surface area contributed by atoms with Crippen LogP contribution in [-0.2, 0) is 8.85 Å². The normalized spacial score (nSPS) is 11.7. The molecule has 0 aromatic rings. The smallest absolute Gasteiger partial charge is 0.334 e. The summed E-state index contributed by atoms with van der Waals surface area (Å²) in [7, 11) is -1.88. The van der Waals surface area contributed by atoms with Crippen molar-refractivity contribution in [2.45, 2.75) is 32.9 Å². The van der Waals surface area contributed by atoms with Crippen molar-refractivity contribution in [3.63, 3.8) is 0 Å². The Hall–Kier alpha value is -0.163. The van der Waals surface area contributed by atoms with Crippen LogP contribution in [0.3, 0.4) is 0 Å². The Morgan fingerprint density at radius 3 is 2.33 bits per heavy atom. The van der Waals surface area contributed by atoms with Crippen molar-refractivity contribution >= 4 is 8.56 Å². The monoisotopic (exact) mass is 231 g/mol. The summed E-state index contributed by atoms with van der Waals surface area (Å²) >= 11 is 0. The fourth-order valence-electron chi connectivity index (χ4n) is 1.54. The van der Waals surface area contributed by atoms with E-state index in [2.05, 4.69) is 18.4 Å². The molecule has 1 N–H and O–H groups in total. The van der Waals surface area contributed by atoms with E-state index in [1.54, 1.807) is 0 Å². The van der Waals surface area contributed by atoms with Crippen LogP contribution in [0.5, 0.6) is 0 Å². The highest BCUT2D eigenvalue weighted by Gasteiger charge is 2.29. The molecule has 0 aromatic carbocycles. The summed E-state index contributed by atoms with van der Waals surface area (Å²) in [5, 5.41) is 3.28. The molecular formula is C11H25NO2Si. The molecule has 0 radical (unpaired) electrons. The van der Waals surface area contributed by atoms with E-state index in [9.17, 15) is 0 Å². The van der Waals surface area contributed by atoms with Crippen LogP contribution in [0.2, 0.25) is 12.6 Å². The summed E-state index contributed by atoms with van der Waals surface area (Å²) in [6.07, 6.45) is 2.98. The quantitative estimate of drug-likeness (QED) is 0.355. The summed E-state index contributed by atoms with van der Waals surface area (Å²) in [5.74, 6) is 0. The topological polar surface area (TPSA) is 30.5 Å². The van der Waals surface area contributed by atoms with Gasteiger partial charge in [-0.1, -0.05) is 6.08 Å². The van der Waals surface area contributed by atoms with Crippen molar-refractivity contribution < 1.29 is 8.85 Å². The zero-order valence-electron chi connectivity index (χ0n) is 10.3. The largest absolute Gasteiger partial charge is 0.395 e. The van der Waals surface area contributed by atoms with Gasteiger partial charge >= 0.3 is 8.56 Å². The predicted octanol–water partition coefficient (Wildman–Crippen LogP) is 2.30. The molecule has 0 unspecified atom stereocenters. The van der Waals surface area contributed by atoms with Gasteiger partial charge in [0.25, 0.3) is 0 Å². The Balaban J connectivity index is 3.69. The standard InChI is InChI=1S/C11H25NO2Si/c1-5-9-12-10-8-11-15(4,13-6-2)14-7-3/h5,12H,1,6-11H2,2-4H3. The first-order valence-electron chi connectivity index (χ1n) is 5.78. The van der Waals surface area contributed by atoms with Crippen molar-refractivity contribution in [1.29, 1.82) is 0 Å². The summed E-state index contributed by atoms with van der Waals surface area (Å²) < 4.78 is 11.5. The van der Waals surface area contributed by atoms with Crippen LogP contribution in [0, 0.1) is 0 Å². The average Bonchev–Trinajstić information content (AvgIpc) is 2.18. The third-order valence-electron chi connectivity index (χ3n) is 2.17. The first-order chi connectivity index (χ1) is 7.18. The lowest BCUT2D eigenvalue weighted by Crippen LogP contribution is -2.39. The van der Waals surface area contributed by atoms with Crippen LogP contribution in [0.15, 0.2) is 12.7 Å². The van der Waals surface area contributed by atoms with Gasteiger partial charge < -0.3 is 14.2 Å². The first-order valence-corrected chi connectivity index (χ1v) is 8.30. The second-order valence-electron chi connectivity index (χ2n) is 3.60. The van der Waals surface area contributed by atoms with Crippen LogP contribution in [-0.4, -0.2) is 34.9 Å². The highest BCUT2D eigenvalue weighted by Crippen LogP contribution is 2.15. The third kappa shape index (κ3) is 7.73. The third-order valence-corrected chi connectivity index (χ3v) is 5.23. The molecule has 0 aliphatic heterocycles. The maximum Gasteiger partial charge on any atom is 0.334 e. The molecule has 0 aliphatic rings. The Kier molecular flexibility index (Phi) is 8.99. The lowest BCUT2D eigenvalue weighted by Gasteiger charge is -2.25. The van der Waals surface area contributed by atoms with E-state index in [-0.39, 0.29) is 0 Å². The Morgan fingerprint density at radius 2 is 1.87 bits per heavy atom. The highest BCUT2D eigenvalue weighted by molar-refractivity contribution is 6.66. The maximum absolute atomic E-state index is 5.75. The molecule has 0 fully saturated rings. The zero-order valence-corrected chi connectivity index (χ0v) is 11.3. The molecule has 3 nitrogen and oxygen atoms in total. The lowest BCUT2D eigenvalue weighted by molar-refractivity contribution is 0.188. The number of nitrogens with one attached hydrogen (secondary N) is 1. The lowest BCUT2D eigenvalue weighted by atomic mass is 10.4.